The van der Waals surface area contributed by atoms with Crippen LogP contribution in [0.3, 0.4) is 0 Å². The van der Waals surface area contributed by atoms with E-state index in [2.05, 4.69) is 10.2 Å². The third kappa shape index (κ3) is 6.21. The smallest absolute Gasteiger partial charge is 0.254 e. The number of fused-ring (bicyclic) bond motifs is 1. The number of benzene rings is 2. The number of rotatable bonds is 8. The topological polar surface area (TPSA) is 71.1 Å². The number of methoxy groups -OCH3 is 2. The van der Waals surface area contributed by atoms with E-state index in [0.717, 1.165) is 32.4 Å². The maximum Gasteiger partial charge on any atom is 0.254 e. The number of amides is 2. The van der Waals surface area contributed by atoms with Crippen LogP contribution >= 0.6 is 11.6 Å². The van der Waals surface area contributed by atoms with Crippen molar-refractivity contribution in [2.75, 3.05) is 39.2 Å². The molecule has 0 spiro atoms. The lowest BCUT2D eigenvalue weighted by Crippen LogP contribution is -2.59. The molecule has 0 radical (unpaired) electrons. The number of nitrogens with one attached hydrogen (secondary N) is 1. The molecular weight excluding hydrogens is 490 g/mol. The van der Waals surface area contributed by atoms with Gasteiger partial charge in [0, 0.05) is 47.1 Å². The summed E-state index contributed by atoms with van der Waals surface area (Å²) < 4.78 is 10.7. The van der Waals surface area contributed by atoms with Crippen molar-refractivity contribution in [2.45, 2.75) is 57.5 Å². The third-order valence-corrected chi connectivity index (χ3v) is 8.07. The van der Waals surface area contributed by atoms with Crippen LogP contribution in [0.5, 0.6) is 11.5 Å². The largest absolute Gasteiger partial charge is 0.497 e. The Morgan fingerprint density at radius 2 is 1.65 bits per heavy atom. The summed E-state index contributed by atoms with van der Waals surface area (Å²) in [5, 5.41) is 3.56. The molecule has 200 valence electrons. The van der Waals surface area contributed by atoms with Gasteiger partial charge in [-0.05, 0) is 82.8 Å². The summed E-state index contributed by atoms with van der Waals surface area (Å²) in [4.78, 5) is 32.1. The standard InChI is InChI=1S/C29H38ClN3O4/c1-29(2,28(35)31-23-16-24(36-3)18-25(17-23)37-4)33(27(34)20-10-12-22(30)13-11-20)19-21-8-7-15-32-14-6-5-9-26(21)32/h10-13,16-18,21,26H,5-9,14-15,19H2,1-4H3,(H,31,35). The van der Waals surface area contributed by atoms with Crippen LogP contribution in [-0.4, -0.2) is 67.0 Å². The van der Waals surface area contributed by atoms with Crippen molar-refractivity contribution in [2.24, 2.45) is 5.92 Å². The molecule has 2 heterocycles. The van der Waals surface area contributed by atoms with Gasteiger partial charge >= 0.3 is 0 Å². The summed E-state index contributed by atoms with van der Waals surface area (Å²) in [6, 6.07) is 12.6. The van der Waals surface area contributed by atoms with E-state index < -0.39 is 5.54 Å². The zero-order chi connectivity index (χ0) is 26.6. The molecule has 4 rings (SSSR count). The van der Waals surface area contributed by atoms with Crippen LogP contribution in [0.2, 0.25) is 5.02 Å². The molecule has 2 aliphatic heterocycles. The van der Waals surface area contributed by atoms with Crippen molar-refractivity contribution in [3.05, 3.63) is 53.1 Å². The fraction of sp³-hybridized carbons (Fsp3) is 0.517. The number of anilines is 1. The second kappa shape index (κ2) is 11.7. The number of halogens is 1. The van der Waals surface area contributed by atoms with Gasteiger partial charge in [0.05, 0.1) is 14.2 Å². The Balaban J connectivity index is 1.63. The molecule has 0 aliphatic carbocycles. The molecule has 2 aromatic rings. The van der Waals surface area contributed by atoms with Crippen LogP contribution in [0.25, 0.3) is 0 Å². The second-order valence-corrected chi connectivity index (χ2v) is 11.0. The van der Waals surface area contributed by atoms with E-state index in [1.54, 1.807) is 61.6 Å². The number of nitrogens with zero attached hydrogens (tertiary/aromatic N) is 2. The first-order valence-corrected chi connectivity index (χ1v) is 13.5. The molecule has 2 amide bonds. The van der Waals surface area contributed by atoms with Gasteiger partial charge in [-0.1, -0.05) is 18.0 Å². The molecule has 2 fully saturated rings. The molecule has 0 saturated carbocycles. The summed E-state index contributed by atoms with van der Waals surface area (Å²) in [7, 11) is 3.13. The third-order valence-electron chi connectivity index (χ3n) is 7.82. The van der Waals surface area contributed by atoms with E-state index in [9.17, 15) is 9.59 Å². The van der Waals surface area contributed by atoms with Crippen LogP contribution < -0.4 is 14.8 Å². The Morgan fingerprint density at radius 1 is 1.00 bits per heavy atom. The predicted octanol–water partition coefficient (Wildman–Crippen LogP) is 5.48. The highest BCUT2D eigenvalue weighted by molar-refractivity contribution is 6.30. The normalized spacial score (nSPS) is 20.0. The summed E-state index contributed by atoms with van der Waals surface area (Å²) in [5.41, 5.74) is -0.0572. The highest BCUT2D eigenvalue weighted by Crippen LogP contribution is 2.34. The van der Waals surface area contributed by atoms with Gasteiger partial charge in [-0.25, -0.2) is 0 Å². The predicted molar refractivity (Wildman–Crippen MR) is 147 cm³/mol. The van der Waals surface area contributed by atoms with Gasteiger partial charge in [0.1, 0.15) is 17.0 Å². The molecule has 2 unspecified atom stereocenters. The Kier molecular flexibility index (Phi) is 8.65. The lowest BCUT2D eigenvalue weighted by Gasteiger charge is -2.47. The zero-order valence-electron chi connectivity index (χ0n) is 22.3. The van der Waals surface area contributed by atoms with Gasteiger partial charge in [-0.3, -0.25) is 9.59 Å². The molecule has 2 saturated heterocycles. The molecule has 8 heteroatoms. The number of carbonyl (C=O) groups excluding carboxylic acids is 2. The summed E-state index contributed by atoms with van der Waals surface area (Å²) >= 11 is 6.09. The number of carbonyl (C=O) groups is 2. The summed E-state index contributed by atoms with van der Waals surface area (Å²) in [6.07, 6.45) is 5.75. The van der Waals surface area contributed by atoms with Gasteiger partial charge in [-0.15, -0.1) is 0 Å². The lowest BCUT2D eigenvalue weighted by molar-refractivity contribution is -0.125. The first-order chi connectivity index (χ1) is 17.7. The molecule has 7 nitrogen and oxygen atoms in total. The SMILES string of the molecule is COc1cc(NC(=O)C(C)(C)N(CC2CCCN3CCCCC23)C(=O)c2ccc(Cl)cc2)cc(OC)c1. The van der Waals surface area contributed by atoms with Gasteiger partial charge in [0.2, 0.25) is 5.91 Å². The quantitative estimate of drug-likeness (QED) is 0.492. The van der Waals surface area contributed by atoms with Gasteiger partial charge in [0.15, 0.2) is 0 Å². The Hall–Kier alpha value is -2.77. The van der Waals surface area contributed by atoms with Crippen molar-refractivity contribution >= 4 is 29.1 Å². The van der Waals surface area contributed by atoms with E-state index in [1.807, 2.05) is 13.8 Å². The lowest BCUT2D eigenvalue weighted by atomic mass is 9.82. The van der Waals surface area contributed by atoms with E-state index in [1.165, 1.54) is 12.8 Å². The van der Waals surface area contributed by atoms with E-state index in [4.69, 9.17) is 21.1 Å². The van der Waals surface area contributed by atoms with Crippen LogP contribution in [0, 0.1) is 5.92 Å². The first kappa shape index (κ1) is 27.3. The van der Waals surface area contributed by atoms with Crippen molar-refractivity contribution in [1.82, 2.24) is 9.80 Å². The molecule has 0 bridgehead atoms. The maximum atomic E-state index is 13.9. The maximum absolute atomic E-state index is 13.9. The molecular formula is C29H38ClN3O4. The van der Waals surface area contributed by atoms with Crippen LogP contribution in [0.15, 0.2) is 42.5 Å². The van der Waals surface area contributed by atoms with Crippen LogP contribution in [-0.2, 0) is 4.79 Å². The highest BCUT2D eigenvalue weighted by atomic mass is 35.5. The Labute approximate surface area is 225 Å². The number of ether oxygens (including phenoxy) is 2. The van der Waals surface area contributed by atoms with Crippen molar-refractivity contribution in [3.63, 3.8) is 0 Å². The van der Waals surface area contributed by atoms with E-state index in [0.29, 0.717) is 46.3 Å². The average molecular weight is 528 g/mol. The van der Waals surface area contributed by atoms with Crippen LogP contribution in [0.1, 0.15) is 56.3 Å². The molecule has 1 N–H and O–H groups in total. The number of hydrogen-bond donors (Lipinski definition) is 1. The van der Waals surface area contributed by atoms with Crippen molar-refractivity contribution < 1.29 is 19.1 Å². The first-order valence-electron chi connectivity index (χ1n) is 13.1. The zero-order valence-corrected chi connectivity index (χ0v) is 23.0. The van der Waals surface area contributed by atoms with Gasteiger partial charge in [0.25, 0.3) is 5.91 Å². The van der Waals surface area contributed by atoms with Gasteiger partial charge in [-0.2, -0.15) is 0 Å². The number of hydrogen-bond acceptors (Lipinski definition) is 5. The van der Waals surface area contributed by atoms with Gasteiger partial charge < -0.3 is 24.6 Å². The minimum Gasteiger partial charge on any atom is -0.497 e. The fourth-order valence-electron chi connectivity index (χ4n) is 5.62. The highest BCUT2D eigenvalue weighted by Gasteiger charge is 2.42. The molecule has 2 aliphatic rings. The summed E-state index contributed by atoms with van der Waals surface area (Å²) in [6.45, 7) is 6.39. The molecule has 2 atom stereocenters. The number of piperidine rings is 2. The van der Waals surface area contributed by atoms with Crippen molar-refractivity contribution in [1.29, 1.82) is 0 Å². The molecule has 0 aromatic heterocycles. The van der Waals surface area contributed by atoms with Crippen LogP contribution in [0.4, 0.5) is 5.69 Å². The second-order valence-electron chi connectivity index (χ2n) is 10.5. The fourth-order valence-corrected chi connectivity index (χ4v) is 5.75. The Bertz CT molecular complexity index is 1080. The summed E-state index contributed by atoms with van der Waals surface area (Å²) in [5.74, 6) is 1.01. The van der Waals surface area contributed by atoms with Crippen molar-refractivity contribution in [3.8, 4) is 11.5 Å². The molecule has 37 heavy (non-hydrogen) atoms. The minimum atomic E-state index is -1.12. The van der Waals surface area contributed by atoms with E-state index >= 15 is 0 Å². The average Bonchev–Trinajstić information content (AvgIpc) is 2.91. The monoisotopic (exact) mass is 527 g/mol. The molecule has 2 aromatic carbocycles. The van der Waals surface area contributed by atoms with E-state index in [-0.39, 0.29) is 11.8 Å². The minimum absolute atomic E-state index is 0.173. The Morgan fingerprint density at radius 3 is 2.30 bits per heavy atom.